The van der Waals surface area contributed by atoms with Gasteiger partial charge >= 0.3 is 0 Å². The fourth-order valence-electron chi connectivity index (χ4n) is 2.82. The summed E-state index contributed by atoms with van der Waals surface area (Å²) in [7, 11) is -3.35. The number of furan rings is 1. The maximum atomic E-state index is 13.2. The molecule has 0 N–H and O–H groups in total. The number of rotatable bonds is 7. The molecule has 0 aliphatic carbocycles. The molecule has 8 heteroatoms. The van der Waals surface area contributed by atoms with Crippen LogP contribution in [0.5, 0.6) is 0 Å². The highest BCUT2D eigenvalue weighted by atomic mass is 35.5. The lowest BCUT2D eigenvalue weighted by Crippen LogP contribution is -2.31. The van der Waals surface area contributed by atoms with Gasteiger partial charge in [0.15, 0.2) is 15.6 Å². The molecule has 1 aromatic carbocycles. The molecule has 3 aromatic rings. The molecule has 0 aliphatic heterocycles. The van der Waals surface area contributed by atoms with Gasteiger partial charge in [-0.2, -0.15) is 0 Å². The number of carbonyl (C=O) groups excluding carboxylic acids is 1. The Labute approximate surface area is 166 Å². The van der Waals surface area contributed by atoms with Gasteiger partial charge < -0.3 is 9.32 Å². The van der Waals surface area contributed by atoms with Crippen molar-refractivity contribution in [2.75, 3.05) is 12.8 Å². The van der Waals surface area contributed by atoms with E-state index in [1.165, 1.54) is 11.3 Å². The smallest absolute Gasteiger partial charge is 0.290 e. The Hall–Kier alpha value is -2.09. The van der Waals surface area contributed by atoms with Gasteiger partial charge in [-0.3, -0.25) is 4.79 Å². The minimum absolute atomic E-state index is 0.0473. The lowest BCUT2D eigenvalue weighted by molar-refractivity contribution is 0.0733. The first-order valence-corrected chi connectivity index (χ1v) is 11.4. The Morgan fingerprint density at radius 2 is 2.04 bits per heavy atom. The Balaban J connectivity index is 2.03. The van der Waals surface area contributed by atoms with Gasteiger partial charge in [0.25, 0.3) is 5.91 Å². The molecule has 0 spiro atoms. The third kappa shape index (κ3) is 4.61. The van der Waals surface area contributed by atoms with Crippen LogP contribution in [0.15, 0.2) is 53.5 Å². The zero-order valence-electron chi connectivity index (χ0n) is 14.6. The van der Waals surface area contributed by atoms with Crippen LogP contribution in [-0.4, -0.2) is 32.0 Å². The first-order valence-electron chi connectivity index (χ1n) is 8.11. The molecule has 0 fully saturated rings. The van der Waals surface area contributed by atoms with E-state index in [-0.39, 0.29) is 17.4 Å². The van der Waals surface area contributed by atoms with Crippen molar-refractivity contribution in [3.8, 4) is 0 Å². The standard InChI is InChI=1S/C19H18ClNO4S2/c1-3-10-21(11-13-8-9-17(20)26-13)19(22)18-15(12-27(2,23)24)14-6-4-5-7-16(14)25-18/h3-9H,1,10-12H2,2H3. The van der Waals surface area contributed by atoms with Crippen LogP contribution in [0.2, 0.25) is 4.34 Å². The summed E-state index contributed by atoms with van der Waals surface area (Å²) < 4.78 is 30.2. The summed E-state index contributed by atoms with van der Waals surface area (Å²) in [4.78, 5) is 15.7. The number of amides is 1. The molecule has 1 amide bonds. The van der Waals surface area contributed by atoms with Gasteiger partial charge in [0.1, 0.15) is 5.58 Å². The van der Waals surface area contributed by atoms with Gasteiger partial charge in [-0.1, -0.05) is 35.9 Å². The first kappa shape index (κ1) is 19.7. The molecule has 2 aromatic heterocycles. The minimum Gasteiger partial charge on any atom is -0.451 e. The zero-order valence-corrected chi connectivity index (χ0v) is 17.0. The fraction of sp³-hybridized carbons (Fsp3) is 0.211. The Morgan fingerprint density at radius 1 is 1.30 bits per heavy atom. The molecule has 0 atom stereocenters. The molecule has 0 radical (unpaired) electrons. The average molecular weight is 424 g/mol. The van der Waals surface area contributed by atoms with Crippen molar-refractivity contribution >= 4 is 49.7 Å². The van der Waals surface area contributed by atoms with E-state index in [1.807, 2.05) is 6.07 Å². The summed E-state index contributed by atoms with van der Waals surface area (Å²) in [5.74, 6) is -0.599. The monoisotopic (exact) mass is 423 g/mol. The molecule has 0 saturated carbocycles. The van der Waals surface area contributed by atoms with Crippen LogP contribution in [0.4, 0.5) is 0 Å². The maximum Gasteiger partial charge on any atom is 0.290 e. The SMILES string of the molecule is C=CCN(Cc1ccc(Cl)s1)C(=O)c1oc2ccccc2c1CS(C)(=O)=O. The molecule has 0 aliphatic rings. The van der Waals surface area contributed by atoms with Gasteiger partial charge in [-0.05, 0) is 18.2 Å². The third-order valence-corrected chi connectivity index (χ3v) is 5.94. The minimum atomic E-state index is -3.35. The number of hydrogen-bond acceptors (Lipinski definition) is 5. The lowest BCUT2D eigenvalue weighted by atomic mass is 10.1. The summed E-state index contributed by atoms with van der Waals surface area (Å²) in [6.45, 7) is 4.33. The number of carbonyl (C=O) groups is 1. The number of benzene rings is 1. The molecule has 2 heterocycles. The summed E-state index contributed by atoms with van der Waals surface area (Å²) in [6.07, 6.45) is 2.75. The number of fused-ring (bicyclic) bond motifs is 1. The van der Waals surface area contributed by atoms with Crippen LogP contribution in [0.1, 0.15) is 21.0 Å². The van der Waals surface area contributed by atoms with Crippen molar-refractivity contribution < 1.29 is 17.6 Å². The number of hydrogen-bond donors (Lipinski definition) is 0. The highest BCUT2D eigenvalue weighted by molar-refractivity contribution is 7.89. The Morgan fingerprint density at radius 3 is 2.67 bits per heavy atom. The summed E-state index contributed by atoms with van der Waals surface area (Å²) in [5.41, 5.74) is 0.869. The highest BCUT2D eigenvalue weighted by Gasteiger charge is 2.27. The lowest BCUT2D eigenvalue weighted by Gasteiger charge is -2.19. The van der Waals surface area contributed by atoms with E-state index in [1.54, 1.807) is 41.3 Å². The quantitative estimate of drug-likeness (QED) is 0.524. The van der Waals surface area contributed by atoms with Gasteiger partial charge in [0, 0.05) is 28.6 Å². The van der Waals surface area contributed by atoms with E-state index >= 15 is 0 Å². The predicted octanol–water partition coefficient (Wildman–Crippen LogP) is 4.52. The summed E-state index contributed by atoms with van der Waals surface area (Å²) in [6, 6.07) is 10.7. The molecule has 0 unspecified atom stereocenters. The van der Waals surface area contributed by atoms with Gasteiger partial charge in [0.05, 0.1) is 16.6 Å². The molecule has 27 heavy (non-hydrogen) atoms. The van der Waals surface area contributed by atoms with Gasteiger partial charge in [-0.15, -0.1) is 17.9 Å². The molecule has 142 valence electrons. The molecule has 3 rings (SSSR count). The average Bonchev–Trinajstić information content (AvgIpc) is 3.16. The zero-order chi connectivity index (χ0) is 19.6. The second kappa shape index (κ2) is 7.88. The van der Waals surface area contributed by atoms with E-state index in [0.29, 0.717) is 34.0 Å². The number of para-hydroxylation sites is 1. The summed E-state index contributed by atoms with van der Waals surface area (Å²) >= 11 is 7.36. The molecule has 5 nitrogen and oxygen atoms in total. The van der Waals surface area contributed by atoms with Crippen LogP contribution in [-0.2, 0) is 22.1 Å². The largest absolute Gasteiger partial charge is 0.451 e. The van der Waals surface area contributed by atoms with Crippen molar-refractivity contribution in [1.29, 1.82) is 0 Å². The maximum absolute atomic E-state index is 13.2. The normalized spacial score (nSPS) is 11.6. The van der Waals surface area contributed by atoms with Gasteiger partial charge in [0.2, 0.25) is 0 Å². The van der Waals surface area contributed by atoms with E-state index in [0.717, 1.165) is 11.1 Å². The third-order valence-electron chi connectivity index (χ3n) is 3.91. The van der Waals surface area contributed by atoms with Crippen molar-refractivity contribution in [1.82, 2.24) is 4.90 Å². The number of sulfone groups is 1. The van der Waals surface area contributed by atoms with Crippen molar-refractivity contribution in [2.45, 2.75) is 12.3 Å². The first-order chi connectivity index (χ1) is 12.8. The van der Waals surface area contributed by atoms with E-state index in [9.17, 15) is 13.2 Å². The van der Waals surface area contributed by atoms with E-state index in [2.05, 4.69) is 6.58 Å². The predicted molar refractivity (Wildman–Crippen MR) is 109 cm³/mol. The Kier molecular flexibility index (Phi) is 5.74. The number of halogens is 1. The van der Waals surface area contributed by atoms with Gasteiger partial charge in [-0.25, -0.2) is 8.42 Å². The van der Waals surface area contributed by atoms with Crippen molar-refractivity contribution in [3.05, 3.63) is 69.6 Å². The van der Waals surface area contributed by atoms with E-state index < -0.39 is 9.84 Å². The van der Waals surface area contributed by atoms with Crippen molar-refractivity contribution in [2.24, 2.45) is 0 Å². The topological polar surface area (TPSA) is 67.6 Å². The second-order valence-corrected chi connectivity index (χ2v) is 10.1. The second-order valence-electron chi connectivity index (χ2n) is 6.16. The molecular formula is C19H18ClNO4S2. The van der Waals surface area contributed by atoms with Crippen LogP contribution in [0.25, 0.3) is 11.0 Å². The Bertz CT molecular complexity index is 1100. The van der Waals surface area contributed by atoms with Crippen LogP contribution in [0.3, 0.4) is 0 Å². The number of thiophene rings is 1. The highest BCUT2D eigenvalue weighted by Crippen LogP contribution is 2.30. The summed E-state index contributed by atoms with van der Waals surface area (Å²) in [5, 5.41) is 0.629. The van der Waals surface area contributed by atoms with E-state index in [4.69, 9.17) is 16.0 Å². The van der Waals surface area contributed by atoms with Crippen LogP contribution >= 0.6 is 22.9 Å². The molecule has 0 bridgehead atoms. The number of nitrogens with zero attached hydrogens (tertiary/aromatic N) is 1. The van der Waals surface area contributed by atoms with Crippen molar-refractivity contribution in [3.63, 3.8) is 0 Å². The van der Waals surface area contributed by atoms with Crippen LogP contribution < -0.4 is 0 Å². The molecule has 0 saturated heterocycles. The fourth-order valence-corrected chi connectivity index (χ4v) is 4.73. The van der Waals surface area contributed by atoms with Crippen LogP contribution in [0, 0.1) is 0 Å². The molecular weight excluding hydrogens is 406 g/mol.